The lowest BCUT2D eigenvalue weighted by Gasteiger charge is -2.18. The molecule has 1 saturated carbocycles. The molecule has 0 spiro atoms. The van der Waals surface area contributed by atoms with Gasteiger partial charge in [-0.3, -0.25) is 4.79 Å². The molecule has 0 amide bonds. The van der Waals surface area contributed by atoms with E-state index >= 15 is 0 Å². The van der Waals surface area contributed by atoms with Gasteiger partial charge >= 0.3 is 5.97 Å². The maximum atomic E-state index is 11.0. The standard InChI is InChI=1S/C12H18O2/c1-2-3-7-10-8-5-4-6-9-11(10)12(13)14/h10-11H,4-9H2,1H3,(H,13,14). The summed E-state index contributed by atoms with van der Waals surface area (Å²) in [6.45, 7) is 1.81. The molecular weight excluding hydrogens is 176 g/mol. The number of carboxylic acids is 1. The van der Waals surface area contributed by atoms with Crippen molar-refractivity contribution < 1.29 is 9.90 Å². The number of rotatable bonds is 2. The van der Waals surface area contributed by atoms with E-state index in [1.165, 1.54) is 12.8 Å². The first-order valence-corrected chi connectivity index (χ1v) is 5.38. The molecule has 2 atom stereocenters. The Kier molecular flexibility index (Phi) is 4.52. The van der Waals surface area contributed by atoms with Gasteiger partial charge in [0.2, 0.25) is 0 Å². The van der Waals surface area contributed by atoms with Crippen LogP contribution in [-0.2, 0) is 4.79 Å². The van der Waals surface area contributed by atoms with Gasteiger partial charge in [0.15, 0.2) is 0 Å². The van der Waals surface area contributed by atoms with Crippen LogP contribution in [0.15, 0.2) is 0 Å². The minimum Gasteiger partial charge on any atom is -0.481 e. The maximum Gasteiger partial charge on any atom is 0.306 e. The third-order valence-corrected chi connectivity index (χ3v) is 3.02. The largest absolute Gasteiger partial charge is 0.481 e. The highest BCUT2D eigenvalue weighted by atomic mass is 16.4. The fourth-order valence-corrected chi connectivity index (χ4v) is 2.19. The number of aliphatic carboxylic acids is 1. The monoisotopic (exact) mass is 194 g/mol. The molecule has 0 aromatic carbocycles. The van der Waals surface area contributed by atoms with Crippen molar-refractivity contribution in [3.8, 4) is 11.8 Å². The van der Waals surface area contributed by atoms with Gasteiger partial charge in [0, 0.05) is 6.42 Å². The molecule has 14 heavy (non-hydrogen) atoms. The summed E-state index contributed by atoms with van der Waals surface area (Å²) in [7, 11) is 0. The van der Waals surface area contributed by atoms with E-state index in [0.29, 0.717) is 0 Å². The predicted octanol–water partition coefficient (Wildman–Crippen LogP) is 2.68. The summed E-state index contributed by atoms with van der Waals surface area (Å²) in [5, 5.41) is 9.08. The first kappa shape index (κ1) is 11.1. The average molecular weight is 194 g/mol. The van der Waals surface area contributed by atoms with E-state index in [1.807, 2.05) is 6.92 Å². The normalized spacial score (nSPS) is 27.2. The first-order chi connectivity index (χ1) is 6.75. The lowest BCUT2D eigenvalue weighted by atomic mass is 9.86. The fraction of sp³-hybridized carbons (Fsp3) is 0.750. The van der Waals surface area contributed by atoms with Crippen molar-refractivity contribution >= 4 is 5.97 Å². The molecule has 2 unspecified atom stereocenters. The molecule has 0 aromatic rings. The Hall–Kier alpha value is -0.970. The molecule has 0 bridgehead atoms. The smallest absolute Gasteiger partial charge is 0.306 e. The Bertz CT molecular complexity index is 247. The van der Waals surface area contributed by atoms with Crippen LogP contribution in [0.3, 0.4) is 0 Å². The summed E-state index contributed by atoms with van der Waals surface area (Å²) < 4.78 is 0. The molecule has 2 heteroatoms. The SMILES string of the molecule is CC#CCC1CCCCCC1C(=O)O. The zero-order valence-electron chi connectivity index (χ0n) is 8.75. The Morgan fingerprint density at radius 3 is 2.71 bits per heavy atom. The zero-order chi connectivity index (χ0) is 10.4. The molecule has 1 aliphatic rings. The van der Waals surface area contributed by atoms with Crippen LogP contribution in [0.25, 0.3) is 0 Å². The topological polar surface area (TPSA) is 37.3 Å². The van der Waals surface area contributed by atoms with Crippen molar-refractivity contribution in [3.63, 3.8) is 0 Å². The second-order valence-corrected chi connectivity index (χ2v) is 3.97. The Labute approximate surface area is 85.7 Å². The van der Waals surface area contributed by atoms with Crippen LogP contribution >= 0.6 is 0 Å². The maximum absolute atomic E-state index is 11.0. The summed E-state index contributed by atoms with van der Waals surface area (Å²) >= 11 is 0. The molecule has 0 radical (unpaired) electrons. The molecule has 0 heterocycles. The molecule has 0 saturated heterocycles. The summed E-state index contributed by atoms with van der Waals surface area (Å²) in [6, 6.07) is 0. The minimum absolute atomic E-state index is 0.154. The Morgan fingerprint density at radius 2 is 2.07 bits per heavy atom. The van der Waals surface area contributed by atoms with Gasteiger partial charge in [-0.05, 0) is 25.7 Å². The summed E-state index contributed by atoms with van der Waals surface area (Å²) in [4.78, 5) is 11.0. The third kappa shape index (κ3) is 3.06. The van der Waals surface area contributed by atoms with Crippen LogP contribution in [0.2, 0.25) is 0 Å². The molecule has 1 N–H and O–H groups in total. The van der Waals surface area contributed by atoms with E-state index in [4.69, 9.17) is 5.11 Å². The van der Waals surface area contributed by atoms with Crippen molar-refractivity contribution in [1.82, 2.24) is 0 Å². The van der Waals surface area contributed by atoms with Gasteiger partial charge in [-0.15, -0.1) is 11.8 Å². The molecule has 1 fully saturated rings. The highest BCUT2D eigenvalue weighted by Gasteiger charge is 2.28. The van der Waals surface area contributed by atoms with Crippen LogP contribution in [0.4, 0.5) is 0 Å². The Morgan fingerprint density at radius 1 is 1.36 bits per heavy atom. The highest BCUT2D eigenvalue weighted by molar-refractivity contribution is 5.70. The minimum atomic E-state index is -0.630. The fourth-order valence-electron chi connectivity index (χ4n) is 2.19. The molecule has 1 rings (SSSR count). The lowest BCUT2D eigenvalue weighted by molar-refractivity contribution is -0.143. The summed E-state index contributed by atoms with van der Waals surface area (Å²) in [5.74, 6) is 5.37. The van der Waals surface area contributed by atoms with E-state index in [9.17, 15) is 4.79 Å². The predicted molar refractivity (Wildman–Crippen MR) is 55.8 cm³/mol. The van der Waals surface area contributed by atoms with E-state index < -0.39 is 5.97 Å². The van der Waals surface area contributed by atoms with E-state index in [2.05, 4.69) is 11.8 Å². The van der Waals surface area contributed by atoms with Gasteiger partial charge in [-0.1, -0.05) is 19.3 Å². The Balaban J connectivity index is 2.61. The highest BCUT2D eigenvalue weighted by Crippen LogP contribution is 2.30. The van der Waals surface area contributed by atoms with Crippen LogP contribution < -0.4 is 0 Å². The number of carboxylic acid groups (broad SMARTS) is 1. The van der Waals surface area contributed by atoms with Gasteiger partial charge in [-0.25, -0.2) is 0 Å². The molecule has 0 aromatic heterocycles. The lowest BCUT2D eigenvalue weighted by Crippen LogP contribution is -2.22. The van der Waals surface area contributed by atoms with Crippen molar-refractivity contribution in [2.45, 2.75) is 45.4 Å². The van der Waals surface area contributed by atoms with Gasteiger partial charge in [0.05, 0.1) is 5.92 Å². The van der Waals surface area contributed by atoms with E-state index in [0.717, 1.165) is 25.7 Å². The van der Waals surface area contributed by atoms with Crippen LogP contribution in [0.1, 0.15) is 45.4 Å². The van der Waals surface area contributed by atoms with Crippen LogP contribution in [0.5, 0.6) is 0 Å². The number of hydrogen-bond donors (Lipinski definition) is 1. The molecular formula is C12H18O2. The molecule has 78 valence electrons. The molecule has 0 aliphatic heterocycles. The van der Waals surface area contributed by atoms with Crippen molar-refractivity contribution in [2.75, 3.05) is 0 Å². The van der Waals surface area contributed by atoms with Crippen molar-refractivity contribution in [1.29, 1.82) is 0 Å². The quantitative estimate of drug-likeness (QED) is 0.542. The van der Waals surface area contributed by atoms with Gasteiger partial charge in [0.25, 0.3) is 0 Å². The third-order valence-electron chi connectivity index (χ3n) is 3.02. The number of carbonyl (C=O) groups is 1. The number of hydrogen-bond acceptors (Lipinski definition) is 1. The molecule has 1 aliphatic carbocycles. The second-order valence-electron chi connectivity index (χ2n) is 3.97. The van der Waals surface area contributed by atoms with Gasteiger partial charge in [-0.2, -0.15) is 0 Å². The average Bonchev–Trinajstić information content (AvgIpc) is 2.39. The van der Waals surface area contributed by atoms with E-state index in [1.54, 1.807) is 0 Å². The first-order valence-electron chi connectivity index (χ1n) is 5.38. The van der Waals surface area contributed by atoms with Gasteiger partial charge in [0.1, 0.15) is 0 Å². The molecule has 2 nitrogen and oxygen atoms in total. The zero-order valence-corrected chi connectivity index (χ0v) is 8.75. The van der Waals surface area contributed by atoms with Crippen molar-refractivity contribution in [2.24, 2.45) is 11.8 Å². The van der Waals surface area contributed by atoms with Gasteiger partial charge < -0.3 is 5.11 Å². The van der Waals surface area contributed by atoms with Crippen molar-refractivity contribution in [3.05, 3.63) is 0 Å². The summed E-state index contributed by atoms with van der Waals surface area (Å²) in [5.41, 5.74) is 0. The van der Waals surface area contributed by atoms with E-state index in [-0.39, 0.29) is 11.8 Å². The summed E-state index contributed by atoms with van der Waals surface area (Å²) in [6.07, 6.45) is 6.04. The second kappa shape index (κ2) is 5.70. The van der Waals surface area contributed by atoms with Crippen LogP contribution in [-0.4, -0.2) is 11.1 Å². The van der Waals surface area contributed by atoms with Crippen LogP contribution in [0, 0.1) is 23.7 Å².